The van der Waals surface area contributed by atoms with E-state index in [0.29, 0.717) is 27.2 Å². The van der Waals surface area contributed by atoms with Gasteiger partial charge in [-0.2, -0.15) is 5.26 Å². The molecule has 0 fully saturated rings. The van der Waals surface area contributed by atoms with E-state index in [1.165, 1.54) is 0 Å². The maximum Gasteiger partial charge on any atom is 0.259 e. The van der Waals surface area contributed by atoms with Crippen molar-refractivity contribution in [2.24, 2.45) is 0 Å². The van der Waals surface area contributed by atoms with Crippen LogP contribution in [0.4, 0.5) is 0 Å². The molecule has 0 saturated heterocycles. The molecular formula is C21H16ClN3O3. The third kappa shape index (κ3) is 3.21. The van der Waals surface area contributed by atoms with Gasteiger partial charge in [-0.3, -0.25) is 4.79 Å². The van der Waals surface area contributed by atoms with Crippen LogP contribution in [0.1, 0.15) is 23.9 Å². The fourth-order valence-corrected chi connectivity index (χ4v) is 3.46. The number of halogens is 1. The molecule has 0 spiro atoms. The molecule has 0 amide bonds. The fourth-order valence-electron chi connectivity index (χ4n) is 3.29. The van der Waals surface area contributed by atoms with Crippen molar-refractivity contribution in [1.82, 2.24) is 9.97 Å². The van der Waals surface area contributed by atoms with Crippen LogP contribution in [0.15, 0.2) is 35.1 Å². The number of benzene rings is 2. The molecular weight excluding hydrogens is 378 g/mol. The van der Waals surface area contributed by atoms with Gasteiger partial charge < -0.3 is 14.5 Å². The second kappa shape index (κ2) is 7.02. The number of methoxy groups -OCH3 is 1. The van der Waals surface area contributed by atoms with E-state index < -0.39 is 0 Å². The third-order valence-electron chi connectivity index (χ3n) is 4.59. The number of rotatable bonds is 3. The molecule has 0 aliphatic carbocycles. The van der Waals surface area contributed by atoms with Gasteiger partial charge in [-0.25, -0.2) is 4.98 Å². The zero-order valence-corrected chi connectivity index (χ0v) is 16.0. The molecule has 0 bridgehead atoms. The lowest BCUT2D eigenvalue weighted by Gasteiger charge is -2.09. The van der Waals surface area contributed by atoms with Crippen molar-refractivity contribution in [3.05, 3.63) is 62.7 Å². The first-order chi connectivity index (χ1) is 13.5. The van der Waals surface area contributed by atoms with Crippen molar-refractivity contribution in [3.63, 3.8) is 0 Å². The lowest BCUT2D eigenvalue weighted by molar-refractivity contribution is 0.254. The summed E-state index contributed by atoms with van der Waals surface area (Å²) in [6.07, 6.45) is 2.53. The summed E-state index contributed by atoms with van der Waals surface area (Å²) in [5.74, 6) is 1.55. The van der Waals surface area contributed by atoms with Gasteiger partial charge in [0.15, 0.2) is 5.82 Å². The smallest absolute Gasteiger partial charge is 0.259 e. The molecule has 4 rings (SSSR count). The Balaban J connectivity index is 1.85. The average Bonchev–Trinajstić information content (AvgIpc) is 3.03. The highest BCUT2D eigenvalue weighted by Crippen LogP contribution is 2.36. The van der Waals surface area contributed by atoms with Gasteiger partial charge in [-0.1, -0.05) is 11.6 Å². The molecule has 1 atom stereocenters. The SMILES string of the molecule is COc1cc2c(cc1/C=C(\C#N)c1nc3cc(Cl)ccc3c(=O)[nH]1)OC(C)C2. The predicted molar refractivity (Wildman–Crippen MR) is 108 cm³/mol. The Morgan fingerprint density at radius 1 is 1.43 bits per heavy atom. The van der Waals surface area contributed by atoms with Crippen LogP contribution >= 0.6 is 11.6 Å². The Morgan fingerprint density at radius 2 is 2.25 bits per heavy atom. The van der Waals surface area contributed by atoms with E-state index in [9.17, 15) is 10.1 Å². The zero-order chi connectivity index (χ0) is 19.8. The lowest BCUT2D eigenvalue weighted by atomic mass is 10.0. The number of aromatic nitrogens is 2. The molecule has 3 aromatic rings. The highest BCUT2D eigenvalue weighted by molar-refractivity contribution is 6.31. The van der Waals surface area contributed by atoms with Crippen LogP contribution in [-0.4, -0.2) is 23.2 Å². The van der Waals surface area contributed by atoms with Crippen LogP contribution in [0.25, 0.3) is 22.6 Å². The monoisotopic (exact) mass is 393 g/mol. The molecule has 1 aromatic heterocycles. The summed E-state index contributed by atoms with van der Waals surface area (Å²) in [7, 11) is 1.57. The van der Waals surface area contributed by atoms with Crippen LogP contribution < -0.4 is 15.0 Å². The molecule has 1 unspecified atom stereocenters. The maximum atomic E-state index is 12.4. The standard InChI is InChI=1S/C21H16ClN3O3/c1-11-5-12-7-18(27-2)13(8-19(12)28-11)6-14(10-23)20-24-17-9-15(22)3-4-16(17)21(26)25-20/h3-4,6-9,11H,5H2,1-2H3,(H,24,25,26)/b14-6+. The van der Waals surface area contributed by atoms with Crippen LogP contribution in [0.2, 0.25) is 5.02 Å². The summed E-state index contributed by atoms with van der Waals surface area (Å²) >= 11 is 6.01. The Bertz CT molecular complexity index is 1220. The first-order valence-electron chi connectivity index (χ1n) is 8.68. The Hall–Kier alpha value is -3.30. The number of nitrogens with one attached hydrogen (secondary N) is 1. The van der Waals surface area contributed by atoms with Crippen LogP contribution in [0, 0.1) is 11.3 Å². The highest BCUT2D eigenvalue weighted by atomic mass is 35.5. The normalized spacial score (nSPS) is 15.8. The Kier molecular flexibility index (Phi) is 4.54. The van der Waals surface area contributed by atoms with Gasteiger partial charge >= 0.3 is 0 Å². The summed E-state index contributed by atoms with van der Waals surface area (Å²) in [4.78, 5) is 19.4. The molecule has 0 saturated carbocycles. The number of aromatic amines is 1. The molecule has 7 heteroatoms. The molecule has 28 heavy (non-hydrogen) atoms. The molecule has 1 N–H and O–H groups in total. The number of allylic oxidation sites excluding steroid dienone is 1. The van der Waals surface area contributed by atoms with E-state index in [4.69, 9.17) is 21.1 Å². The fraction of sp³-hybridized carbons (Fsp3) is 0.190. The quantitative estimate of drug-likeness (QED) is 0.680. The first kappa shape index (κ1) is 18.1. The zero-order valence-electron chi connectivity index (χ0n) is 15.2. The van der Waals surface area contributed by atoms with Gasteiger partial charge in [0.1, 0.15) is 23.7 Å². The van der Waals surface area contributed by atoms with Crippen LogP contribution in [0.3, 0.4) is 0 Å². The van der Waals surface area contributed by atoms with Crippen molar-refractivity contribution in [2.45, 2.75) is 19.4 Å². The summed E-state index contributed by atoms with van der Waals surface area (Å²) in [6, 6.07) is 10.7. The number of fused-ring (bicyclic) bond motifs is 2. The number of ether oxygens (including phenoxy) is 2. The van der Waals surface area contributed by atoms with Crippen LogP contribution in [0.5, 0.6) is 11.5 Å². The van der Waals surface area contributed by atoms with Gasteiger partial charge in [0, 0.05) is 22.6 Å². The topological polar surface area (TPSA) is 88.0 Å². The largest absolute Gasteiger partial charge is 0.496 e. The summed E-state index contributed by atoms with van der Waals surface area (Å²) in [6.45, 7) is 2.00. The van der Waals surface area contributed by atoms with Gasteiger partial charge in [0.25, 0.3) is 5.56 Å². The lowest BCUT2D eigenvalue weighted by Crippen LogP contribution is -2.11. The van der Waals surface area contributed by atoms with Gasteiger partial charge in [-0.15, -0.1) is 0 Å². The third-order valence-corrected chi connectivity index (χ3v) is 4.83. The summed E-state index contributed by atoms with van der Waals surface area (Å²) < 4.78 is 11.3. The maximum absolute atomic E-state index is 12.4. The minimum absolute atomic E-state index is 0.0950. The number of hydrogen-bond donors (Lipinski definition) is 1. The second-order valence-electron chi connectivity index (χ2n) is 6.58. The Labute approximate surface area is 166 Å². The molecule has 0 radical (unpaired) electrons. The summed E-state index contributed by atoms with van der Waals surface area (Å²) in [5, 5.41) is 10.5. The molecule has 140 valence electrons. The van der Waals surface area contributed by atoms with Gasteiger partial charge in [0.2, 0.25) is 0 Å². The number of nitriles is 1. The van der Waals surface area contributed by atoms with Crippen molar-refractivity contribution in [3.8, 4) is 17.6 Å². The summed E-state index contributed by atoms with van der Waals surface area (Å²) in [5.41, 5.74) is 2.01. The molecule has 6 nitrogen and oxygen atoms in total. The van der Waals surface area contributed by atoms with Gasteiger partial charge in [0.05, 0.1) is 23.6 Å². The average molecular weight is 394 g/mol. The highest BCUT2D eigenvalue weighted by Gasteiger charge is 2.21. The first-order valence-corrected chi connectivity index (χ1v) is 9.05. The van der Waals surface area contributed by atoms with E-state index >= 15 is 0 Å². The number of nitrogens with zero attached hydrogens (tertiary/aromatic N) is 2. The molecule has 2 heterocycles. The van der Waals surface area contributed by atoms with Crippen molar-refractivity contribution in [2.75, 3.05) is 7.11 Å². The minimum Gasteiger partial charge on any atom is -0.496 e. The predicted octanol–water partition coefficient (Wildman–Crippen LogP) is 3.97. The minimum atomic E-state index is -0.337. The van der Waals surface area contributed by atoms with E-state index in [1.54, 1.807) is 31.4 Å². The Morgan fingerprint density at radius 3 is 3.00 bits per heavy atom. The number of H-pyrrole nitrogens is 1. The van der Waals surface area contributed by atoms with E-state index in [0.717, 1.165) is 17.7 Å². The van der Waals surface area contributed by atoms with E-state index in [2.05, 4.69) is 16.0 Å². The second-order valence-corrected chi connectivity index (χ2v) is 7.02. The van der Waals surface area contributed by atoms with Crippen LogP contribution in [-0.2, 0) is 6.42 Å². The van der Waals surface area contributed by atoms with Crippen molar-refractivity contribution >= 4 is 34.2 Å². The number of hydrogen-bond acceptors (Lipinski definition) is 5. The van der Waals surface area contributed by atoms with E-state index in [1.807, 2.05) is 19.1 Å². The van der Waals surface area contributed by atoms with Gasteiger partial charge in [-0.05, 0) is 43.3 Å². The molecule has 1 aliphatic heterocycles. The molecule has 2 aromatic carbocycles. The van der Waals surface area contributed by atoms with Crippen molar-refractivity contribution < 1.29 is 9.47 Å². The van der Waals surface area contributed by atoms with E-state index in [-0.39, 0.29) is 23.1 Å². The van der Waals surface area contributed by atoms with Crippen molar-refractivity contribution in [1.29, 1.82) is 5.26 Å². The molecule has 1 aliphatic rings.